The van der Waals surface area contributed by atoms with Gasteiger partial charge >= 0.3 is 0 Å². The number of para-hydroxylation sites is 2. The van der Waals surface area contributed by atoms with Crippen LogP contribution in [-0.2, 0) is 14.8 Å². The molecular weight excluding hydrogens is 511 g/mol. The smallest absolute Gasteiger partial charge is 0.262 e. The zero-order chi connectivity index (χ0) is 27.0. The first kappa shape index (κ1) is 27.1. The van der Waals surface area contributed by atoms with Crippen molar-refractivity contribution in [2.75, 3.05) is 30.9 Å². The molecule has 0 spiro atoms. The van der Waals surface area contributed by atoms with Crippen LogP contribution in [-0.4, -0.2) is 46.4 Å². The molecule has 0 bridgehead atoms. The van der Waals surface area contributed by atoms with Crippen LogP contribution in [0.5, 0.6) is 11.5 Å². The highest BCUT2D eigenvalue weighted by Crippen LogP contribution is 2.31. The summed E-state index contributed by atoms with van der Waals surface area (Å²) in [6, 6.07) is 17.1. The predicted octanol–water partition coefficient (Wildman–Crippen LogP) is 3.26. The van der Waals surface area contributed by atoms with Crippen LogP contribution in [0.2, 0.25) is 0 Å². The molecule has 1 aliphatic heterocycles. The molecule has 9 nitrogen and oxygen atoms in total. The van der Waals surface area contributed by atoms with Crippen LogP contribution in [0.3, 0.4) is 0 Å². The van der Waals surface area contributed by atoms with Gasteiger partial charge in [0.2, 0.25) is 5.91 Å². The van der Waals surface area contributed by atoms with E-state index in [-0.39, 0.29) is 34.3 Å². The highest BCUT2D eigenvalue weighted by atomic mass is 32.2. The topological polar surface area (TPSA) is 126 Å². The molecule has 200 valence electrons. The summed E-state index contributed by atoms with van der Waals surface area (Å²) in [5, 5.41) is 8.66. The lowest BCUT2D eigenvalue weighted by Crippen LogP contribution is -2.40. The molecule has 3 aromatic carbocycles. The Morgan fingerprint density at radius 3 is 2.32 bits per heavy atom. The number of ether oxygens (including phenoxy) is 1. The van der Waals surface area contributed by atoms with E-state index in [1.807, 2.05) is 0 Å². The summed E-state index contributed by atoms with van der Waals surface area (Å²) in [6.07, 6.45) is 2.01. The van der Waals surface area contributed by atoms with Crippen molar-refractivity contribution < 1.29 is 27.1 Å². The lowest BCUT2D eigenvalue weighted by molar-refractivity contribution is -0.120. The summed E-state index contributed by atoms with van der Waals surface area (Å²) >= 11 is 0. The molecule has 2 amide bonds. The average molecular weight is 541 g/mol. The van der Waals surface area contributed by atoms with Gasteiger partial charge in [-0.1, -0.05) is 12.1 Å². The highest BCUT2D eigenvalue weighted by Gasteiger charge is 2.18. The minimum Gasteiger partial charge on any atom is -0.455 e. The van der Waals surface area contributed by atoms with E-state index in [1.54, 1.807) is 18.2 Å². The van der Waals surface area contributed by atoms with Gasteiger partial charge in [-0.05, 0) is 92.5 Å². The van der Waals surface area contributed by atoms with E-state index in [0.29, 0.717) is 18.2 Å². The summed E-state index contributed by atoms with van der Waals surface area (Å²) in [4.78, 5) is 24.5. The SMILES string of the molecule is O=C(CNC(=O)c1ccc(S(=O)(=O)Nc2ccccc2Oc2ccc(F)cc2)cc1)NCC1CCNCC1. The number of hydrogen-bond donors (Lipinski definition) is 4. The average Bonchev–Trinajstić information content (AvgIpc) is 2.93. The zero-order valence-electron chi connectivity index (χ0n) is 20.6. The van der Waals surface area contributed by atoms with Gasteiger partial charge in [0.1, 0.15) is 11.6 Å². The van der Waals surface area contributed by atoms with Gasteiger partial charge in [-0.25, -0.2) is 12.8 Å². The first-order chi connectivity index (χ1) is 18.3. The molecule has 1 aliphatic rings. The Bertz CT molecular complexity index is 1360. The van der Waals surface area contributed by atoms with Gasteiger partial charge in [-0.2, -0.15) is 0 Å². The first-order valence-corrected chi connectivity index (χ1v) is 13.7. The molecule has 0 aliphatic carbocycles. The number of amides is 2. The molecule has 4 N–H and O–H groups in total. The third kappa shape index (κ3) is 7.53. The highest BCUT2D eigenvalue weighted by molar-refractivity contribution is 7.92. The standard InChI is InChI=1S/C27H29FN4O5S/c28-21-7-9-22(10-8-21)37-25-4-2-1-3-24(25)32-38(35,36)23-11-5-20(6-12-23)27(34)31-18-26(33)30-17-19-13-15-29-16-14-19/h1-12,19,29,32H,13-18H2,(H,30,33)(H,31,34). The Hall–Kier alpha value is -3.96. The van der Waals surface area contributed by atoms with E-state index in [0.717, 1.165) is 25.9 Å². The number of benzene rings is 3. The molecule has 1 heterocycles. The molecule has 11 heteroatoms. The number of carbonyl (C=O) groups excluding carboxylic acids is 2. The predicted molar refractivity (Wildman–Crippen MR) is 141 cm³/mol. The lowest BCUT2D eigenvalue weighted by atomic mass is 9.98. The lowest BCUT2D eigenvalue weighted by Gasteiger charge is -2.22. The van der Waals surface area contributed by atoms with Crippen molar-refractivity contribution in [2.24, 2.45) is 5.92 Å². The molecule has 3 aromatic rings. The molecule has 0 radical (unpaired) electrons. The van der Waals surface area contributed by atoms with Crippen LogP contribution in [0, 0.1) is 11.7 Å². The molecule has 0 atom stereocenters. The summed E-state index contributed by atoms with van der Waals surface area (Å²) in [5.41, 5.74) is 0.407. The van der Waals surface area contributed by atoms with Crippen molar-refractivity contribution in [3.8, 4) is 11.5 Å². The summed E-state index contributed by atoms with van der Waals surface area (Å²) in [5.74, 6) is -0.177. The maximum Gasteiger partial charge on any atom is 0.262 e. The van der Waals surface area contributed by atoms with E-state index >= 15 is 0 Å². The molecule has 1 saturated heterocycles. The van der Waals surface area contributed by atoms with Crippen LogP contribution < -0.4 is 25.4 Å². The van der Waals surface area contributed by atoms with E-state index in [2.05, 4.69) is 20.7 Å². The van der Waals surface area contributed by atoms with Crippen molar-refractivity contribution in [1.82, 2.24) is 16.0 Å². The molecule has 4 rings (SSSR count). The van der Waals surface area contributed by atoms with Crippen LogP contribution in [0.25, 0.3) is 0 Å². The van der Waals surface area contributed by atoms with E-state index in [4.69, 9.17) is 4.74 Å². The number of rotatable bonds is 10. The zero-order valence-corrected chi connectivity index (χ0v) is 21.4. The molecule has 0 saturated carbocycles. The number of halogens is 1. The third-order valence-electron chi connectivity index (χ3n) is 6.06. The van der Waals surface area contributed by atoms with Crippen LogP contribution >= 0.6 is 0 Å². The quantitative estimate of drug-likeness (QED) is 0.313. The summed E-state index contributed by atoms with van der Waals surface area (Å²) in [6.45, 7) is 2.29. The van der Waals surface area contributed by atoms with Crippen molar-refractivity contribution in [2.45, 2.75) is 17.7 Å². The van der Waals surface area contributed by atoms with E-state index in [9.17, 15) is 22.4 Å². The van der Waals surface area contributed by atoms with Gasteiger partial charge in [0, 0.05) is 12.1 Å². The van der Waals surface area contributed by atoms with Gasteiger partial charge in [0.15, 0.2) is 5.75 Å². The second kappa shape index (κ2) is 12.5. The normalized spacial score (nSPS) is 13.9. The Labute approximate surface area is 220 Å². The third-order valence-corrected chi connectivity index (χ3v) is 7.44. The van der Waals surface area contributed by atoms with Crippen LogP contribution in [0.15, 0.2) is 77.7 Å². The van der Waals surface area contributed by atoms with Crippen molar-refractivity contribution in [1.29, 1.82) is 0 Å². The van der Waals surface area contributed by atoms with Gasteiger partial charge < -0.3 is 20.7 Å². The summed E-state index contributed by atoms with van der Waals surface area (Å²) < 4.78 is 47.3. The molecule has 0 aromatic heterocycles. The minimum absolute atomic E-state index is 0.0645. The van der Waals surface area contributed by atoms with Gasteiger partial charge in [-0.15, -0.1) is 0 Å². The maximum atomic E-state index is 13.2. The van der Waals surface area contributed by atoms with Gasteiger partial charge in [0.25, 0.3) is 15.9 Å². The molecule has 0 unspecified atom stereocenters. The van der Waals surface area contributed by atoms with E-state index < -0.39 is 21.7 Å². The number of piperidine rings is 1. The number of sulfonamides is 1. The fourth-order valence-corrected chi connectivity index (χ4v) is 5.00. The minimum atomic E-state index is -4.01. The van der Waals surface area contributed by atoms with E-state index in [1.165, 1.54) is 54.6 Å². The molecular formula is C27H29FN4O5S. The Morgan fingerprint density at radius 2 is 1.61 bits per heavy atom. The first-order valence-electron chi connectivity index (χ1n) is 12.2. The fourth-order valence-electron chi connectivity index (χ4n) is 3.93. The number of carbonyl (C=O) groups is 2. The Kier molecular flexibility index (Phi) is 8.93. The second-order valence-electron chi connectivity index (χ2n) is 8.86. The Morgan fingerprint density at radius 1 is 0.921 bits per heavy atom. The largest absolute Gasteiger partial charge is 0.455 e. The maximum absolute atomic E-state index is 13.2. The fraction of sp³-hybridized carbons (Fsp3) is 0.259. The number of anilines is 1. The van der Waals surface area contributed by atoms with Crippen LogP contribution in [0.1, 0.15) is 23.2 Å². The van der Waals surface area contributed by atoms with Crippen LogP contribution in [0.4, 0.5) is 10.1 Å². The monoisotopic (exact) mass is 540 g/mol. The van der Waals surface area contributed by atoms with Gasteiger partial charge in [0.05, 0.1) is 17.1 Å². The number of hydrogen-bond acceptors (Lipinski definition) is 6. The Balaban J connectivity index is 1.33. The second-order valence-corrected chi connectivity index (χ2v) is 10.5. The van der Waals surface area contributed by atoms with Gasteiger partial charge in [-0.3, -0.25) is 14.3 Å². The van der Waals surface area contributed by atoms with Crippen molar-refractivity contribution in [3.63, 3.8) is 0 Å². The van der Waals surface area contributed by atoms with Crippen molar-refractivity contribution in [3.05, 3.63) is 84.2 Å². The molecule has 38 heavy (non-hydrogen) atoms. The van der Waals surface area contributed by atoms with Crippen molar-refractivity contribution >= 4 is 27.5 Å². The molecule has 1 fully saturated rings. The summed E-state index contributed by atoms with van der Waals surface area (Å²) in [7, 11) is -4.01. The number of nitrogens with one attached hydrogen (secondary N) is 4.